The molecule has 3 rings (SSSR count). The van der Waals surface area contributed by atoms with Gasteiger partial charge in [-0.3, -0.25) is 14.7 Å². The third-order valence-electron chi connectivity index (χ3n) is 6.07. The maximum absolute atomic E-state index is 11.9. The Bertz CT molecular complexity index is 905. The number of piperidine rings is 1. The van der Waals surface area contributed by atoms with Crippen molar-refractivity contribution in [3.63, 3.8) is 0 Å². The normalized spacial score (nSPS) is 21.8. The molecule has 0 aromatic heterocycles. The molecule has 1 aromatic carbocycles. The Morgan fingerprint density at radius 2 is 2.03 bits per heavy atom. The molecular weight excluding hydrogens is 426 g/mol. The summed E-state index contributed by atoms with van der Waals surface area (Å²) in [5, 5.41) is 3.45. The Kier molecular flexibility index (Phi) is 6.59. The van der Waals surface area contributed by atoms with Gasteiger partial charge in [0, 0.05) is 16.9 Å². The van der Waals surface area contributed by atoms with E-state index in [1.165, 1.54) is 24.0 Å². The number of aliphatic imine (C=N–C) groups is 1. The van der Waals surface area contributed by atoms with Crippen molar-refractivity contribution < 1.29 is 4.79 Å². The highest BCUT2D eigenvalue weighted by atomic mass is 79.9. The molecule has 29 heavy (non-hydrogen) atoms. The van der Waals surface area contributed by atoms with Crippen LogP contribution in [0.3, 0.4) is 0 Å². The van der Waals surface area contributed by atoms with E-state index in [-0.39, 0.29) is 5.41 Å². The molecule has 0 saturated carbocycles. The van der Waals surface area contributed by atoms with Crippen LogP contribution in [0.5, 0.6) is 0 Å². The highest BCUT2D eigenvalue weighted by Crippen LogP contribution is 2.46. The lowest BCUT2D eigenvalue weighted by atomic mass is 9.82. The fourth-order valence-electron chi connectivity index (χ4n) is 4.51. The maximum atomic E-state index is 11.9. The molecule has 2 aliphatic heterocycles. The van der Waals surface area contributed by atoms with Crippen LogP contribution in [0.1, 0.15) is 50.7 Å². The Morgan fingerprint density at radius 3 is 2.59 bits per heavy atom. The van der Waals surface area contributed by atoms with E-state index in [0.717, 1.165) is 41.1 Å². The average Bonchev–Trinajstić information content (AvgIpc) is 2.97. The number of amidine groups is 1. The molecule has 0 unspecified atom stereocenters. The average molecular weight is 456 g/mol. The van der Waals surface area contributed by atoms with Gasteiger partial charge in [-0.05, 0) is 75.9 Å². The largest absolute Gasteiger partial charge is 0.317 e. The molecule has 0 bridgehead atoms. The second-order valence-corrected chi connectivity index (χ2v) is 8.92. The molecule has 154 valence electrons. The van der Waals surface area contributed by atoms with Gasteiger partial charge in [0.25, 0.3) is 0 Å². The zero-order chi connectivity index (χ0) is 21.2. The number of allylic oxidation sites excluding steroid dienone is 4. The number of carbonyl (C=O) groups is 1. The van der Waals surface area contributed by atoms with Crippen molar-refractivity contribution in [1.82, 2.24) is 5.32 Å². The summed E-state index contributed by atoms with van der Waals surface area (Å²) in [4.78, 5) is 18.7. The fraction of sp³-hybridized carbons (Fsp3) is 0.417. The van der Waals surface area contributed by atoms with Crippen molar-refractivity contribution in [1.29, 1.82) is 0 Å². The van der Waals surface area contributed by atoms with E-state index < -0.39 is 0 Å². The summed E-state index contributed by atoms with van der Waals surface area (Å²) in [6.07, 6.45) is 6.82. The molecule has 0 spiro atoms. The first-order valence-electron chi connectivity index (χ1n) is 10.2. The predicted molar refractivity (Wildman–Crippen MR) is 126 cm³/mol. The molecular formula is C24H30BrN3O. The highest BCUT2D eigenvalue weighted by molar-refractivity contribution is 9.12. The fourth-order valence-corrected chi connectivity index (χ4v) is 4.81. The monoisotopic (exact) mass is 455 g/mol. The first kappa shape index (κ1) is 21.7. The summed E-state index contributed by atoms with van der Waals surface area (Å²) in [7, 11) is 1.82. The number of fused-ring (bicyclic) bond motifs is 1. The number of hydrogen-bond donors (Lipinski definition) is 1. The van der Waals surface area contributed by atoms with E-state index in [2.05, 4.69) is 69.8 Å². The van der Waals surface area contributed by atoms with Crippen LogP contribution < -0.4 is 10.2 Å². The van der Waals surface area contributed by atoms with Gasteiger partial charge in [-0.1, -0.05) is 40.7 Å². The number of nitrogens with zero attached hydrogens (tertiary/aromatic N) is 2. The van der Waals surface area contributed by atoms with Crippen molar-refractivity contribution in [2.24, 2.45) is 4.99 Å². The Hall–Kier alpha value is -1.98. The van der Waals surface area contributed by atoms with Crippen molar-refractivity contribution >= 4 is 33.7 Å². The highest BCUT2D eigenvalue weighted by Gasteiger charge is 2.43. The molecule has 0 amide bonds. The number of nitrogens with one attached hydrogen (secondary N) is 1. The number of benzene rings is 1. The summed E-state index contributed by atoms with van der Waals surface area (Å²) in [6, 6.07) is 6.77. The molecule has 0 radical (unpaired) electrons. The molecule has 1 saturated heterocycles. The van der Waals surface area contributed by atoms with Gasteiger partial charge in [-0.25, -0.2) is 0 Å². The first-order valence-corrected chi connectivity index (χ1v) is 11.0. The lowest BCUT2D eigenvalue weighted by Crippen LogP contribution is -2.36. The number of anilines is 1. The van der Waals surface area contributed by atoms with E-state index in [9.17, 15) is 4.79 Å². The number of rotatable bonds is 5. The van der Waals surface area contributed by atoms with Crippen molar-refractivity contribution in [2.45, 2.75) is 44.9 Å². The van der Waals surface area contributed by atoms with E-state index in [1.807, 2.05) is 20.0 Å². The summed E-state index contributed by atoms with van der Waals surface area (Å²) >= 11 is 3.52. The van der Waals surface area contributed by atoms with Gasteiger partial charge in [0.05, 0.1) is 17.0 Å². The molecule has 1 fully saturated rings. The Balaban J connectivity index is 2.20. The minimum absolute atomic E-state index is 0.266. The Labute approximate surface area is 182 Å². The third-order valence-corrected chi connectivity index (χ3v) is 6.95. The third kappa shape index (κ3) is 3.78. The second-order valence-electron chi connectivity index (χ2n) is 8.07. The van der Waals surface area contributed by atoms with Crippen LogP contribution in [-0.4, -0.2) is 32.3 Å². The van der Waals surface area contributed by atoms with E-state index in [0.29, 0.717) is 11.5 Å². The molecule has 0 aliphatic carbocycles. The second kappa shape index (κ2) is 8.80. The quantitative estimate of drug-likeness (QED) is 0.376. The van der Waals surface area contributed by atoms with Gasteiger partial charge in [0.1, 0.15) is 5.84 Å². The summed E-state index contributed by atoms with van der Waals surface area (Å²) < 4.78 is 0.746. The summed E-state index contributed by atoms with van der Waals surface area (Å²) in [6.45, 7) is 12.4. The van der Waals surface area contributed by atoms with E-state index in [4.69, 9.17) is 0 Å². The number of halogens is 1. The zero-order valence-electron chi connectivity index (χ0n) is 17.8. The van der Waals surface area contributed by atoms with Crippen molar-refractivity contribution in [3.05, 3.63) is 63.8 Å². The van der Waals surface area contributed by atoms with Gasteiger partial charge in [-0.15, -0.1) is 0 Å². The first-order chi connectivity index (χ1) is 13.9. The number of aldehydes is 1. The van der Waals surface area contributed by atoms with Crippen LogP contribution in [0, 0.1) is 0 Å². The van der Waals surface area contributed by atoms with Gasteiger partial charge >= 0.3 is 0 Å². The molecule has 5 heteroatoms. The van der Waals surface area contributed by atoms with Crippen molar-refractivity contribution in [3.8, 4) is 0 Å². The van der Waals surface area contributed by atoms with Gasteiger partial charge < -0.3 is 5.32 Å². The predicted octanol–water partition coefficient (Wildman–Crippen LogP) is 5.22. The van der Waals surface area contributed by atoms with E-state index in [1.54, 1.807) is 6.08 Å². The van der Waals surface area contributed by atoms with E-state index >= 15 is 0 Å². The topological polar surface area (TPSA) is 44.7 Å². The lowest BCUT2D eigenvalue weighted by molar-refractivity contribution is -0.104. The Morgan fingerprint density at radius 1 is 1.34 bits per heavy atom. The molecule has 4 nitrogen and oxygen atoms in total. The molecule has 2 aliphatic rings. The maximum Gasteiger partial charge on any atom is 0.153 e. The minimum Gasteiger partial charge on any atom is -0.317 e. The summed E-state index contributed by atoms with van der Waals surface area (Å²) in [5.74, 6) is 1.51. The smallest absolute Gasteiger partial charge is 0.153 e. The lowest BCUT2D eigenvalue weighted by Gasteiger charge is -2.27. The zero-order valence-corrected chi connectivity index (χ0v) is 19.3. The SMILES string of the molecule is C=C/C(=C(C=O)\C(Br)=C/C)N1C(=NC)C(C)(C)c2cc(C3CCNCC3)ccc21. The van der Waals surface area contributed by atoms with Gasteiger partial charge in [-0.2, -0.15) is 0 Å². The van der Waals surface area contributed by atoms with Gasteiger partial charge in [0.2, 0.25) is 0 Å². The van der Waals surface area contributed by atoms with Crippen LogP contribution in [-0.2, 0) is 10.2 Å². The number of hydrogen-bond acceptors (Lipinski definition) is 3. The molecule has 1 aromatic rings. The summed E-state index contributed by atoms with van der Waals surface area (Å²) in [5.41, 5.74) is 4.75. The molecule has 2 heterocycles. The van der Waals surface area contributed by atoms with Crippen molar-refractivity contribution in [2.75, 3.05) is 25.0 Å². The van der Waals surface area contributed by atoms with Crippen LogP contribution in [0.25, 0.3) is 0 Å². The van der Waals surface area contributed by atoms with Crippen LogP contribution in [0.4, 0.5) is 5.69 Å². The van der Waals surface area contributed by atoms with Gasteiger partial charge in [0.15, 0.2) is 6.29 Å². The molecule has 1 N–H and O–H groups in total. The van der Waals surface area contributed by atoms with Crippen LogP contribution in [0.15, 0.2) is 57.7 Å². The standard InChI is InChI=1S/C24H30BrN3O/c1-6-20(25)18(15-29)21(7-2)28-22-9-8-17(16-10-12-27-13-11-16)14-19(22)24(3,4)23(28)26-5/h6-9,14-16,27H,2,10-13H2,1,3-5H3/b20-6+,21-18+,26-23?. The minimum atomic E-state index is -0.266. The van der Waals surface area contributed by atoms with Crippen LogP contribution >= 0.6 is 15.9 Å². The number of carbonyl (C=O) groups excluding carboxylic acids is 1. The van der Waals surface area contributed by atoms with Crippen LogP contribution in [0.2, 0.25) is 0 Å². The molecule has 0 atom stereocenters.